The zero-order valence-electron chi connectivity index (χ0n) is 7.65. The zero-order chi connectivity index (χ0) is 9.35. The molecule has 0 aromatic heterocycles. The van der Waals surface area contributed by atoms with E-state index in [1.807, 2.05) is 6.92 Å². The van der Waals surface area contributed by atoms with Crippen LogP contribution in [-0.4, -0.2) is 40.9 Å². The lowest BCUT2D eigenvalue weighted by Crippen LogP contribution is -2.36. The Balaban J connectivity index is 2.57. The average Bonchev–Trinajstić information content (AvgIpc) is 2.23. The summed E-state index contributed by atoms with van der Waals surface area (Å²) in [6, 6.07) is 0. The van der Waals surface area contributed by atoms with Gasteiger partial charge in [0.05, 0.1) is 12.7 Å². The molecule has 1 saturated heterocycles. The molecule has 0 bridgehead atoms. The summed E-state index contributed by atoms with van der Waals surface area (Å²) in [4.78, 5) is 0. The van der Waals surface area contributed by atoms with Crippen LogP contribution in [0.4, 0.5) is 0 Å². The van der Waals surface area contributed by atoms with Crippen molar-refractivity contribution in [3.8, 4) is 0 Å². The van der Waals surface area contributed by atoms with E-state index in [0.29, 0.717) is 0 Å². The fraction of sp³-hybridized carbons (Fsp3) is 1.00. The number of rotatable bonds is 2. The van der Waals surface area contributed by atoms with Gasteiger partial charge in [0.25, 0.3) is 0 Å². The van der Waals surface area contributed by atoms with Crippen molar-refractivity contribution in [1.29, 1.82) is 0 Å². The topological polar surface area (TPSA) is 58.9 Å². The first-order valence-corrected chi connectivity index (χ1v) is 4.11. The molecule has 0 aromatic rings. The van der Waals surface area contributed by atoms with E-state index in [4.69, 9.17) is 14.6 Å². The third kappa shape index (κ3) is 1.95. The van der Waals surface area contributed by atoms with Crippen LogP contribution < -0.4 is 0 Å². The zero-order valence-corrected chi connectivity index (χ0v) is 7.65. The van der Waals surface area contributed by atoms with Crippen molar-refractivity contribution in [2.75, 3.05) is 6.61 Å². The van der Waals surface area contributed by atoms with E-state index in [-0.39, 0.29) is 12.7 Å². The summed E-state index contributed by atoms with van der Waals surface area (Å²) < 4.78 is 10.8. The summed E-state index contributed by atoms with van der Waals surface area (Å²) in [7, 11) is 0. The van der Waals surface area contributed by atoms with Crippen molar-refractivity contribution >= 4 is 0 Å². The molecule has 0 aliphatic carbocycles. The van der Waals surface area contributed by atoms with E-state index >= 15 is 0 Å². The van der Waals surface area contributed by atoms with Crippen molar-refractivity contribution in [1.82, 2.24) is 0 Å². The Morgan fingerprint density at radius 2 is 2.00 bits per heavy atom. The molecule has 12 heavy (non-hydrogen) atoms. The van der Waals surface area contributed by atoms with E-state index < -0.39 is 18.0 Å². The predicted octanol–water partition coefficient (Wildman–Crippen LogP) is -0.120. The Labute approximate surface area is 72.1 Å². The summed E-state index contributed by atoms with van der Waals surface area (Å²) in [5.41, 5.74) is 0. The molecule has 0 saturated carbocycles. The fourth-order valence-electron chi connectivity index (χ4n) is 1.46. The first kappa shape index (κ1) is 9.92. The first-order chi connectivity index (χ1) is 5.46. The predicted molar refractivity (Wildman–Crippen MR) is 42.6 cm³/mol. The highest BCUT2D eigenvalue weighted by molar-refractivity contribution is 4.83. The van der Waals surface area contributed by atoms with E-state index in [9.17, 15) is 5.11 Å². The highest BCUT2D eigenvalue weighted by Crippen LogP contribution is 2.29. The van der Waals surface area contributed by atoms with Crippen LogP contribution in [0.15, 0.2) is 0 Å². The molecule has 1 rings (SSSR count). The lowest BCUT2D eigenvalue weighted by molar-refractivity contribution is -0.156. The Kier molecular flexibility index (Phi) is 2.73. The molecule has 1 fully saturated rings. The SMILES string of the molecule is C[C@H]1OC(C)(C)O[C@H]1[C@H](O)CO. The number of aliphatic hydroxyl groups excluding tert-OH is 2. The van der Waals surface area contributed by atoms with Crippen LogP contribution in [0.5, 0.6) is 0 Å². The molecule has 0 unspecified atom stereocenters. The van der Waals surface area contributed by atoms with E-state index in [1.165, 1.54) is 0 Å². The van der Waals surface area contributed by atoms with Gasteiger partial charge in [-0.15, -0.1) is 0 Å². The van der Waals surface area contributed by atoms with Gasteiger partial charge in [0.1, 0.15) is 12.2 Å². The van der Waals surface area contributed by atoms with Crippen LogP contribution in [0, 0.1) is 0 Å². The number of hydrogen-bond acceptors (Lipinski definition) is 4. The van der Waals surface area contributed by atoms with Crippen LogP contribution >= 0.6 is 0 Å². The van der Waals surface area contributed by atoms with Crippen molar-refractivity contribution in [2.24, 2.45) is 0 Å². The Bertz CT molecular complexity index is 157. The lowest BCUT2D eigenvalue weighted by atomic mass is 10.1. The molecule has 1 aliphatic heterocycles. The van der Waals surface area contributed by atoms with Crippen LogP contribution in [0.2, 0.25) is 0 Å². The minimum atomic E-state index is -0.859. The third-order valence-electron chi connectivity index (χ3n) is 1.92. The van der Waals surface area contributed by atoms with Gasteiger partial charge < -0.3 is 19.7 Å². The smallest absolute Gasteiger partial charge is 0.163 e. The lowest BCUT2D eigenvalue weighted by Gasteiger charge is -2.19. The molecular weight excluding hydrogens is 160 g/mol. The first-order valence-electron chi connectivity index (χ1n) is 4.11. The Morgan fingerprint density at radius 3 is 2.33 bits per heavy atom. The largest absolute Gasteiger partial charge is 0.394 e. The summed E-state index contributed by atoms with van der Waals surface area (Å²) in [6.45, 7) is 5.09. The maximum absolute atomic E-state index is 9.31. The molecule has 1 heterocycles. The monoisotopic (exact) mass is 176 g/mol. The molecule has 0 amide bonds. The molecule has 0 aromatic carbocycles. The van der Waals surface area contributed by atoms with Crippen LogP contribution in [0.1, 0.15) is 20.8 Å². The van der Waals surface area contributed by atoms with Gasteiger partial charge in [-0.25, -0.2) is 0 Å². The summed E-state index contributed by atoms with van der Waals surface area (Å²) in [5, 5.41) is 18.0. The minimum absolute atomic E-state index is 0.179. The molecule has 4 heteroatoms. The van der Waals surface area contributed by atoms with E-state index in [1.54, 1.807) is 13.8 Å². The van der Waals surface area contributed by atoms with Crippen molar-refractivity contribution in [2.45, 2.75) is 44.9 Å². The van der Waals surface area contributed by atoms with Crippen LogP contribution in [-0.2, 0) is 9.47 Å². The molecule has 2 N–H and O–H groups in total. The summed E-state index contributed by atoms with van der Waals surface area (Å²) in [6.07, 6.45) is -1.46. The highest BCUT2D eigenvalue weighted by Gasteiger charge is 2.41. The summed E-state index contributed by atoms with van der Waals surface area (Å²) >= 11 is 0. The maximum Gasteiger partial charge on any atom is 0.163 e. The quantitative estimate of drug-likeness (QED) is 0.616. The van der Waals surface area contributed by atoms with Crippen molar-refractivity contribution in [3.63, 3.8) is 0 Å². The van der Waals surface area contributed by atoms with Gasteiger partial charge in [-0.2, -0.15) is 0 Å². The molecule has 4 nitrogen and oxygen atoms in total. The van der Waals surface area contributed by atoms with Crippen LogP contribution in [0.25, 0.3) is 0 Å². The normalized spacial score (nSPS) is 36.8. The molecule has 3 atom stereocenters. The van der Waals surface area contributed by atoms with Crippen molar-refractivity contribution < 1.29 is 19.7 Å². The average molecular weight is 176 g/mol. The van der Waals surface area contributed by atoms with E-state index in [0.717, 1.165) is 0 Å². The van der Waals surface area contributed by atoms with Crippen molar-refractivity contribution in [3.05, 3.63) is 0 Å². The van der Waals surface area contributed by atoms with Gasteiger partial charge in [0.15, 0.2) is 5.79 Å². The second-order valence-electron chi connectivity index (χ2n) is 3.56. The Morgan fingerprint density at radius 1 is 1.42 bits per heavy atom. The van der Waals surface area contributed by atoms with Gasteiger partial charge in [-0.3, -0.25) is 0 Å². The maximum atomic E-state index is 9.31. The molecule has 0 spiro atoms. The number of ether oxygens (including phenoxy) is 2. The number of hydrogen-bond donors (Lipinski definition) is 2. The van der Waals surface area contributed by atoms with Gasteiger partial charge in [0, 0.05) is 0 Å². The molecule has 72 valence electrons. The highest BCUT2D eigenvalue weighted by atomic mass is 16.8. The van der Waals surface area contributed by atoms with Gasteiger partial charge in [0.2, 0.25) is 0 Å². The minimum Gasteiger partial charge on any atom is -0.394 e. The molecule has 0 radical (unpaired) electrons. The van der Waals surface area contributed by atoms with Gasteiger partial charge in [-0.1, -0.05) is 0 Å². The summed E-state index contributed by atoms with van der Waals surface area (Å²) in [5.74, 6) is -0.653. The van der Waals surface area contributed by atoms with Gasteiger partial charge >= 0.3 is 0 Å². The van der Waals surface area contributed by atoms with E-state index in [2.05, 4.69) is 0 Å². The van der Waals surface area contributed by atoms with Gasteiger partial charge in [-0.05, 0) is 20.8 Å². The molecular formula is C8H16O4. The second kappa shape index (κ2) is 3.30. The third-order valence-corrected chi connectivity index (χ3v) is 1.92. The Hall–Kier alpha value is -0.160. The number of aliphatic hydroxyl groups is 2. The second-order valence-corrected chi connectivity index (χ2v) is 3.56. The standard InChI is InChI=1S/C8H16O4/c1-5-7(6(10)4-9)12-8(2,3)11-5/h5-7,9-10H,4H2,1-3H3/t5-,6-,7-/m1/s1. The fourth-order valence-corrected chi connectivity index (χ4v) is 1.46. The molecule has 1 aliphatic rings. The van der Waals surface area contributed by atoms with Crippen LogP contribution in [0.3, 0.4) is 0 Å².